The minimum atomic E-state index is -0.692. The predicted octanol–water partition coefficient (Wildman–Crippen LogP) is 13.9. The third-order valence-electron chi connectivity index (χ3n) is 15.8. The van der Waals surface area contributed by atoms with Crippen molar-refractivity contribution in [2.45, 2.75) is 49.4 Å². The fourth-order valence-corrected chi connectivity index (χ4v) is 13.2. The van der Waals surface area contributed by atoms with Gasteiger partial charge in [-0.2, -0.15) is 0 Å². The molecule has 3 heteroatoms. The molecule has 9 aromatic rings. The molecule has 2 spiro atoms. The fraction of sp³-hybridized carbons (Fsp3) is 0.133. The van der Waals surface area contributed by atoms with Crippen LogP contribution in [0.4, 0.5) is 17.1 Å². The summed E-state index contributed by atoms with van der Waals surface area (Å²) in [5.74, 6) is 0. The van der Waals surface area contributed by atoms with Crippen LogP contribution in [-0.2, 0) is 21.7 Å². The highest BCUT2D eigenvalue weighted by atomic mass is 15.2. The number of pyridine rings is 2. The number of fused-ring (bicyclic) bond motifs is 21. The van der Waals surface area contributed by atoms with Crippen LogP contribution < -0.4 is 4.90 Å². The highest BCUT2D eigenvalue weighted by Crippen LogP contribution is 2.67. The molecule has 1 unspecified atom stereocenters. The van der Waals surface area contributed by atoms with Crippen LogP contribution in [-0.4, -0.2) is 9.97 Å². The molecular formula is C60H43N3. The quantitative estimate of drug-likeness (QED) is 0.165. The molecule has 0 saturated heterocycles. The number of benzene rings is 7. The maximum absolute atomic E-state index is 5.50. The number of nitrogens with zero attached hydrogens (tertiary/aromatic N) is 3. The summed E-state index contributed by atoms with van der Waals surface area (Å²) in [5, 5.41) is 0. The van der Waals surface area contributed by atoms with E-state index in [1.807, 2.05) is 6.20 Å². The molecular weight excluding hydrogens is 763 g/mol. The fourth-order valence-electron chi connectivity index (χ4n) is 13.2. The predicted molar refractivity (Wildman–Crippen MR) is 255 cm³/mol. The van der Waals surface area contributed by atoms with Gasteiger partial charge in [-0.1, -0.05) is 173 Å². The van der Waals surface area contributed by atoms with Crippen molar-refractivity contribution < 1.29 is 0 Å². The summed E-state index contributed by atoms with van der Waals surface area (Å²) >= 11 is 0. The van der Waals surface area contributed by atoms with Crippen molar-refractivity contribution in [1.82, 2.24) is 9.97 Å². The maximum atomic E-state index is 5.50. The van der Waals surface area contributed by atoms with E-state index in [1.54, 1.807) is 0 Å². The first kappa shape index (κ1) is 35.3. The van der Waals surface area contributed by atoms with E-state index in [4.69, 9.17) is 9.97 Å². The molecule has 0 amide bonds. The Bertz CT molecular complexity index is 3400. The summed E-state index contributed by atoms with van der Waals surface area (Å²) < 4.78 is 0. The zero-order valence-corrected chi connectivity index (χ0v) is 35.7. The van der Waals surface area contributed by atoms with Gasteiger partial charge in [-0.25, -0.2) is 0 Å². The lowest BCUT2D eigenvalue weighted by Crippen LogP contribution is -2.41. The van der Waals surface area contributed by atoms with Crippen molar-refractivity contribution in [2.24, 2.45) is 0 Å². The van der Waals surface area contributed by atoms with E-state index in [1.165, 1.54) is 100 Å². The molecule has 14 rings (SSSR count). The summed E-state index contributed by atoms with van der Waals surface area (Å²) in [6.07, 6.45) is 4.02. The molecule has 0 radical (unpaired) electrons. The second-order valence-electron chi connectivity index (χ2n) is 19.2. The summed E-state index contributed by atoms with van der Waals surface area (Å²) in [7, 11) is 0. The first-order valence-electron chi connectivity index (χ1n) is 22.3. The van der Waals surface area contributed by atoms with Crippen LogP contribution in [0.1, 0.15) is 94.5 Å². The lowest BCUT2D eigenvalue weighted by atomic mass is 9.55. The standard InChI is InChI=1S/C60H43N3/c1-57(2)44-24-11-12-25-45(44)60(51-33-40-39-20-7-10-23-43(39)59(49(40)34-50(51)57)41-21-8-5-18-37(41)38-19-6-9-22-42(38)59)48-28-17-31-61-55(48)56-52(60)32-36(35-62-56)63-53-29-15-13-26-46(53)58(3,4)47-27-14-16-30-54(47)63/h5-35H,1-4H3. The van der Waals surface area contributed by atoms with Gasteiger partial charge in [-0.15, -0.1) is 0 Å². The zero-order chi connectivity index (χ0) is 42.0. The molecule has 0 saturated carbocycles. The molecule has 3 heterocycles. The number of hydrogen-bond acceptors (Lipinski definition) is 3. The van der Waals surface area contributed by atoms with Crippen molar-refractivity contribution >= 4 is 17.1 Å². The third kappa shape index (κ3) is 4.00. The molecule has 0 fully saturated rings. The van der Waals surface area contributed by atoms with Crippen molar-refractivity contribution in [3.63, 3.8) is 0 Å². The van der Waals surface area contributed by atoms with E-state index < -0.39 is 10.8 Å². The average Bonchev–Trinajstić information content (AvgIpc) is 3.90. The first-order chi connectivity index (χ1) is 30.8. The lowest BCUT2D eigenvalue weighted by molar-refractivity contribution is 0.561. The molecule has 63 heavy (non-hydrogen) atoms. The van der Waals surface area contributed by atoms with Crippen molar-refractivity contribution in [1.29, 1.82) is 0 Å². The van der Waals surface area contributed by atoms with Gasteiger partial charge in [0.2, 0.25) is 0 Å². The van der Waals surface area contributed by atoms with E-state index in [0.29, 0.717) is 0 Å². The Morgan fingerprint density at radius 1 is 0.333 bits per heavy atom. The van der Waals surface area contributed by atoms with E-state index in [-0.39, 0.29) is 10.8 Å². The van der Waals surface area contributed by atoms with Crippen LogP contribution in [0.25, 0.3) is 33.6 Å². The monoisotopic (exact) mass is 805 g/mol. The molecule has 7 aromatic carbocycles. The van der Waals surface area contributed by atoms with Gasteiger partial charge >= 0.3 is 0 Å². The molecule has 0 N–H and O–H groups in total. The number of rotatable bonds is 1. The molecule has 5 aliphatic rings. The van der Waals surface area contributed by atoms with Gasteiger partial charge in [0.1, 0.15) is 0 Å². The minimum Gasteiger partial charge on any atom is -0.308 e. The van der Waals surface area contributed by atoms with Crippen molar-refractivity contribution in [2.75, 3.05) is 4.90 Å². The summed E-state index contributed by atoms with van der Waals surface area (Å²) in [6.45, 7) is 9.57. The molecule has 1 aliphatic heterocycles. The van der Waals surface area contributed by atoms with Gasteiger partial charge in [0.05, 0.1) is 45.5 Å². The Morgan fingerprint density at radius 2 is 0.794 bits per heavy atom. The highest BCUT2D eigenvalue weighted by Gasteiger charge is 2.58. The van der Waals surface area contributed by atoms with Crippen LogP contribution >= 0.6 is 0 Å². The number of hydrogen-bond donors (Lipinski definition) is 0. The summed E-state index contributed by atoms with van der Waals surface area (Å²) in [6, 6.07) is 66.6. The summed E-state index contributed by atoms with van der Waals surface area (Å²) in [5.41, 5.74) is 24.6. The summed E-state index contributed by atoms with van der Waals surface area (Å²) in [4.78, 5) is 13.2. The number of anilines is 3. The van der Waals surface area contributed by atoms with Crippen molar-refractivity contribution in [3.8, 4) is 33.6 Å². The van der Waals surface area contributed by atoms with E-state index >= 15 is 0 Å². The van der Waals surface area contributed by atoms with E-state index in [9.17, 15) is 0 Å². The second-order valence-corrected chi connectivity index (χ2v) is 19.2. The largest absolute Gasteiger partial charge is 0.308 e. The Kier molecular flexibility index (Phi) is 6.58. The van der Waals surface area contributed by atoms with Gasteiger partial charge in [-0.3, -0.25) is 9.97 Å². The molecule has 4 aliphatic carbocycles. The lowest BCUT2D eigenvalue weighted by Gasteiger charge is -2.47. The SMILES string of the molecule is CC1(C)c2ccccc2N(c2cnc3c(c2)C2(c4ccccc4C(C)(C)c4cc5c(cc42)-c2ccccc2C52c4ccccc4-c4ccccc42)c2cccnc2-3)c2ccccc21. The van der Waals surface area contributed by atoms with Gasteiger partial charge < -0.3 is 4.90 Å². The van der Waals surface area contributed by atoms with E-state index in [0.717, 1.165) is 17.1 Å². The normalized spacial score (nSPS) is 18.6. The van der Waals surface area contributed by atoms with Crippen LogP contribution in [0, 0.1) is 0 Å². The van der Waals surface area contributed by atoms with Crippen LogP contribution in [0.2, 0.25) is 0 Å². The number of para-hydroxylation sites is 2. The smallest absolute Gasteiger partial charge is 0.0939 e. The Hall–Kier alpha value is -7.36. The van der Waals surface area contributed by atoms with Gasteiger partial charge in [0, 0.05) is 22.6 Å². The minimum absolute atomic E-state index is 0.170. The zero-order valence-electron chi connectivity index (χ0n) is 35.7. The van der Waals surface area contributed by atoms with E-state index in [2.05, 4.69) is 215 Å². The van der Waals surface area contributed by atoms with Crippen molar-refractivity contribution in [3.05, 3.63) is 255 Å². The average molecular weight is 806 g/mol. The Labute approximate surface area is 368 Å². The molecule has 3 nitrogen and oxygen atoms in total. The Balaban J connectivity index is 1.11. The maximum Gasteiger partial charge on any atom is 0.0939 e. The molecule has 0 bridgehead atoms. The Morgan fingerprint density at radius 3 is 1.41 bits per heavy atom. The molecule has 2 aromatic heterocycles. The third-order valence-corrected chi connectivity index (χ3v) is 15.8. The molecule has 1 atom stereocenters. The van der Waals surface area contributed by atoms with Gasteiger partial charge in [-0.05, 0) is 114 Å². The van der Waals surface area contributed by atoms with Crippen LogP contribution in [0.5, 0.6) is 0 Å². The first-order valence-corrected chi connectivity index (χ1v) is 22.3. The highest BCUT2D eigenvalue weighted by molar-refractivity contribution is 5.97. The van der Waals surface area contributed by atoms with Crippen LogP contribution in [0.15, 0.2) is 188 Å². The van der Waals surface area contributed by atoms with Crippen LogP contribution in [0.3, 0.4) is 0 Å². The second kappa shape index (κ2) is 11.8. The van der Waals surface area contributed by atoms with Gasteiger partial charge in [0.15, 0.2) is 0 Å². The molecule has 298 valence electrons. The topological polar surface area (TPSA) is 29.0 Å². The number of aromatic nitrogens is 2. The van der Waals surface area contributed by atoms with Gasteiger partial charge in [0.25, 0.3) is 0 Å².